The van der Waals surface area contributed by atoms with Crippen molar-refractivity contribution in [1.82, 2.24) is 15.3 Å². The molecule has 9 nitrogen and oxygen atoms in total. The third kappa shape index (κ3) is 5.65. The van der Waals surface area contributed by atoms with Crippen molar-refractivity contribution in [3.8, 4) is 5.75 Å². The van der Waals surface area contributed by atoms with Gasteiger partial charge in [0, 0.05) is 23.9 Å². The van der Waals surface area contributed by atoms with E-state index in [1.54, 1.807) is 25.1 Å². The van der Waals surface area contributed by atoms with E-state index in [2.05, 4.69) is 10.3 Å². The van der Waals surface area contributed by atoms with Crippen LogP contribution >= 0.6 is 11.8 Å². The van der Waals surface area contributed by atoms with Gasteiger partial charge in [0.25, 0.3) is 5.91 Å². The normalized spacial score (nSPS) is 17.2. The van der Waals surface area contributed by atoms with Crippen LogP contribution in [0.1, 0.15) is 17.5 Å². The summed E-state index contributed by atoms with van der Waals surface area (Å²) >= 11 is 1.64. The third-order valence-electron chi connectivity index (χ3n) is 6.91. The van der Waals surface area contributed by atoms with Crippen LogP contribution in [0.4, 0.5) is 17.5 Å². The maximum Gasteiger partial charge on any atom is 0.250 e. The molecule has 2 atom stereocenters. The van der Waals surface area contributed by atoms with Crippen molar-refractivity contribution >= 4 is 46.5 Å². The first-order chi connectivity index (χ1) is 19.5. The number of thioether (sulfide) groups is 1. The maximum atomic E-state index is 13.8. The molecular weight excluding hydrogens is 524 g/mol. The van der Waals surface area contributed by atoms with E-state index in [1.807, 2.05) is 84.0 Å². The van der Waals surface area contributed by atoms with Crippen molar-refractivity contribution in [2.45, 2.75) is 25.0 Å². The zero-order valence-corrected chi connectivity index (χ0v) is 23.3. The van der Waals surface area contributed by atoms with Gasteiger partial charge < -0.3 is 15.4 Å². The van der Waals surface area contributed by atoms with E-state index in [0.717, 1.165) is 22.6 Å². The molecule has 0 radical (unpaired) electrons. The van der Waals surface area contributed by atoms with E-state index in [1.165, 1.54) is 4.90 Å². The lowest BCUT2D eigenvalue weighted by atomic mass is 9.92. The fourth-order valence-electron chi connectivity index (χ4n) is 4.78. The maximum absolute atomic E-state index is 13.8. The lowest BCUT2D eigenvalue weighted by Gasteiger charge is -2.36. The number of methoxy groups -OCH3 is 1. The van der Waals surface area contributed by atoms with Crippen LogP contribution in [0.25, 0.3) is 5.57 Å². The SMILES string of the molecule is COc1ccc(C2=CC=CC(N3CNCc4cnc(N(C(=O)[C@H](N)CCSC)c5ccccc5)nc43)C2=O)cc1. The highest BCUT2D eigenvalue weighted by molar-refractivity contribution is 7.98. The van der Waals surface area contributed by atoms with Gasteiger partial charge >= 0.3 is 0 Å². The minimum Gasteiger partial charge on any atom is -0.497 e. The first-order valence-corrected chi connectivity index (χ1v) is 14.4. The van der Waals surface area contributed by atoms with Crippen LogP contribution in [0, 0.1) is 0 Å². The minimum absolute atomic E-state index is 0.0439. The number of Topliss-reactive ketones (excluding diaryl/α,β-unsaturated/α-hetero) is 1. The summed E-state index contributed by atoms with van der Waals surface area (Å²) < 4.78 is 5.27. The molecule has 2 aliphatic rings. The molecule has 0 bridgehead atoms. The molecule has 0 spiro atoms. The number of para-hydroxylation sites is 1. The van der Waals surface area contributed by atoms with Crippen LogP contribution < -0.4 is 25.6 Å². The number of allylic oxidation sites excluding steroid dienone is 2. The monoisotopic (exact) mass is 556 g/mol. The Labute approximate surface area is 238 Å². The van der Waals surface area contributed by atoms with E-state index in [9.17, 15) is 9.59 Å². The Morgan fingerprint density at radius 1 is 1.23 bits per heavy atom. The van der Waals surface area contributed by atoms with E-state index >= 15 is 0 Å². The largest absolute Gasteiger partial charge is 0.497 e. The van der Waals surface area contributed by atoms with Crippen LogP contribution in [0.5, 0.6) is 5.75 Å². The standard InChI is InChI=1S/C30H32N6O3S/c1-39-23-13-11-20(12-14-23)24-9-6-10-26(27(24)37)35-19-32-17-21-18-33-30(34-28(21)35)36(22-7-4-3-5-8-22)29(38)25(31)15-16-40-2/h3-14,18,25-26,32H,15-17,19,31H2,1-2H3/t25-,26?/m1/s1. The minimum atomic E-state index is -0.704. The number of nitrogens with zero attached hydrogens (tertiary/aromatic N) is 4. The Bertz CT molecular complexity index is 1430. The summed E-state index contributed by atoms with van der Waals surface area (Å²) in [6.07, 6.45) is 9.82. The smallest absolute Gasteiger partial charge is 0.250 e. The fourth-order valence-corrected chi connectivity index (χ4v) is 5.27. The van der Waals surface area contributed by atoms with E-state index in [4.69, 9.17) is 15.5 Å². The van der Waals surface area contributed by atoms with Gasteiger partial charge in [-0.3, -0.25) is 14.9 Å². The lowest BCUT2D eigenvalue weighted by molar-refractivity contribution is -0.119. The highest BCUT2D eigenvalue weighted by Crippen LogP contribution is 2.32. The lowest BCUT2D eigenvalue weighted by Crippen LogP contribution is -2.49. The molecule has 1 aromatic heterocycles. The number of nitrogens with one attached hydrogen (secondary N) is 1. The average molecular weight is 557 g/mol. The molecule has 10 heteroatoms. The highest BCUT2D eigenvalue weighted by atomic mass is 32.2. The zero-order chi connectivity index (χ0) is 28.1. The van der Waals surface area contributed by atoms with Crippen molar-refractivity contribution in [2.24, 2.45) is 5.73 Å². The van der Waals surface area contributed by atoms with Crippen molar-refractivity contribution in [1.29, 1.82) is 0 Å². The number of hydrogen-bond donors (Lipinski definition) is 2. The molecule has 3 N–H and O–H groups in total. The van der Waals surface area contributed by atoms with Crippen LogP contribution in [0.15, 0.2) is 79.0 Å². The van der Waals surface area contributed by atoms with Gasteiger partial charge in [0.15, 0.2) is 5.78 Å². The molecule has 206 valence electrons. The molecule has 0 fully saturated rings. The quantitative estimate of drug-likeness (QED) is 0.407. The second-order valence-corrected chi connectivity index (χ2v) is 10.5. The summed E-state index contributed by atoms with van der Waals surface area (Å²) in [7, 11) is 1.61. The summed E-state index contributed by atoms with van der Waals surface area (Å²) in [5.74, 6) is 1.99. The number of hydrogen-bond acceptors (Lipinski definition) is 9. The first kappa shape index (κ1) is 27.6. The number of benzene rings is 2. The van der Waals surface area contributed by atoms with Crippen LogP contribution in [0.3, 0.4) is 0 Å². The Morgan fingerprint density at radius 3 is 2.73 bits per heavy atom. The number of nitrogens with two attached hydrogens (primary N) is 1. The van der Waals surface area contributed by atoms with Crippen molar-refractivity contribution in [2.75, 3.05) is 35.6 Å². The molecule has 2 aromatic carbocycles. The van der Waals surface area contributed by atoms with E-state index in [-0.39, 0.29) is 17.6 Å². The number of fused-ring (bicyclic) bond motifs is 1. The molecule has 0 saturated carbocycles. The van der Waals surface area contributed by atoms with Gasteiger partial charge in [-0.1, -0.05) is 48.6 Å². The predicted octanol–water partition coefficient (Wildman–Crippen LogP) is 3.69. The number of amides is 1. The Morgan fingerprint density at radius 2 is 2.00 bits per heavy atom. The van der Waals surface area contributed by atoms with Crippen molar-refractivity contribution < 1.29 is 14.3 Å². The second kappa shape index (κ2) is 12.5. The Balaban J connectivity index is 1.49. The van der Waals surface area contributed by atoms with Gasteiger partial charge in [-0.15, -0.1) is 0 Å². The van der Waals surface area contributed by atoms with Gasteiger partial charge in [0.05, 0.1) is 25.5 Å². The summed E-state index contributed by atoms with van der Waals surface area (Å²) in [6.45, 7) is 0.955. The Hall–Kier alpha value is -3.99. The average Bonchev–Trinajstić information content (AvgIpc) is 3.00. The van der Waals surface area contributed by atoms with Crippen LogP contribution in [-0.2, 0) is 16.1 Å². The van der Waals surface area contributed by atoms with Gasteiger partial charge in [0.2, 0.25) is 5.95 Å². The number of rotatable bonds is 9. The highest BCUT2D eigenvalue weighted by Gasteiger charge is 2.34. The summed E-state index contributed by atoms with van der Waals surface area (Å²) in [4.78, 5) is 40.2. The number of aromatic nitrogens is 2. The second-order valence-electron chi connectivity index (χ2n) is 9.47. The predicted molar refractivity (Wildman–Crippen MR) is 160 cm³/mol. The molecule has 2 heterocycles. The molecule has 1 aliphatic carbocycles. The molecule has 3 aromatic rings. The van der Waals surface area contributed by atoms with Gasteiger partial charge in [-0.2, -0.15) is 16.7 Å². The fraction of sp³-hybridized carbons (Fsp3) is 0.267. The molecule has 0 saturated heterocycles. The summed E-state index contributed by atoms with van der Waals surface area (Å²) in [5.41, 5.74) is 9.21. The molecule has 1 amide bonds. The number of ketones is 1. The van der Waals surface area contributed by atoms with Crippen molar-refractivity contribution in [3.63, 3.8) is 0 Å². The molecular formula is C30H32N6O3S. The molecule has 40 heavy (non-hydrogen) atoms. The summed E-state index contributed by atoms with van der Waals surface area (Å²) in [6, 6.07) is 15.4. The van der Waals surface area contributed by atoms with Crippen LogP contribution in [-0.4, -0.2) is 59.5 Å². The van der Waals surface area contributed by atoms with Gasteiger partial charge in [-0.05, 0) is 48.3 Å². The Kier molecular flexibility index (Phi) is 8.59. The number of ether oxygens (including phenoxy) is 1. The van der Waals surface area contributed by atoms with E-state index < -0.39 is 12.1 Å². The van der Waals surface area contributed by atoms with E-state index in [0.29, 0.717) is 36.7 Å². The number of anilines is 3. The van der Waals surface area contributed by atoms with Crippen LogP contribution in [0.2, 0.25) is 0 Å². The van der Waals surface area contributed by atoms with Gasteiger partial charge in [-0.25, -0.2) is 9.88 Å². The first-order valence-electron chi connectivity index (χ1n) is 13.1. The van der Waals surface area contributed by atoms with Gasteiger partial charge in [0.1, 0.15) is 17.6 Å². The topological polar surface area (TPSA) is 114 Å². The third-order valence-corrected chi connectivity index (χ3v) is 7.55. The molecule has 5 rings (SSSR count). The number of carbonyl (C=O) groups excluding carboxylic acids is 2. The van der Waals surface area contributed by atoms with Crippen molar-refractivity contribution in [3.05, 3.63) is 90.1 Å². The molecule has 1 aliphatic heterocycles. The summed E-state index contributed by atoms with van der Waals surface area (Å²) in [5, 5.41) is 3.34. The number of carbonyl (C=O) groups is 2. The molecule has 1 unspecified atom stereocenters. The zero-order valence-electron chi connectivity index (χ0n) is 22.5.